The van der Waals surface area contributed by atoms with Crippen LogP contribution >= 0.6 is 23.2 Å². The lowest BCUT2D eigenvalue weighted by atomic mass is 10.1. The van der Waals surface area contributed by atoms with Crippen molar-refractivity contribution in [3.63, 3.8) is 0 Å². The largest absolute Gasteiger partial charge is 0.419 e. The Morgan fingerprint density at radius 1 is 1.00 bits per heavy atom. The summed E-state index contributed by atoms with van der Waals surface area (Å²) >= 11 is 12.1. The third kappa shape index (κ3) is 3.96. The van der Waals surface area contributed by atoms with Crippen molar-refractivity contribution in [3.8, 4) is 0 Å². The predicted octanol–water partition coefficient (Wildman–Crippen LogP) is 6.31. The van der Waals surface area contributed by atoms with E-state index in [0.29, 0.717) is 22.2 Å². The molecule has 1 heterocycles. The fraction of sp³-hybridized carbons (Fsp3) is 0.118. The quantitative estimate of drug-likeness (QED) is 0.419. The highest BCUT2D eigenvalue weighted by atomic mass is 35.5. The molecule has 1 aromatic heterocycles. The Kier molecular flexibility index (Phi) is 4.75. The lowest BCUT2D eigenvalue weighted by Gasteiger charge is -2.12. The zero-order valence-electron chi connectivity index (χ0n) is 12.5. The molecule has 0 fully saturated rings. The minimum atomic E-state index is -4.76. The Labute approximate surface area is 150 Å². The van der Waals surface area contributed by atoms with Crippen molar-refractivity contribution in [1.29, 1.82) is 0 Å². The fourth-order valence-electron chi connectivity index (χ4n) is 2.34. The van der Waals surface area contributed by atoms with Crippen LogP contribution in [0.25, 0.3) is 10.9 Å². The second-order valence-corrected chi connectivity index (χ2v) is 6.12. The van der Waals surface area contributed by atoms with E-state index in [1.54, 1.807) is 24.3 Å². The first-order valence-electron chi connectivity index (χ1n) is 7.09. The first-order chi connectivity index (χ1) is 11.7. The average Bonchev–Trinajstić information content (AvgIpc) is 2.53. The van der Waals surface area contributed by atoms with Gasteiger partial charge in [-0.05, 0) is 42.5 Å². The van der Waals surface area contributed by atoms with Gasteiger partial charge in [0, 0.05) is 28.2 Å². The molecule has 0 radical (unpaired) electrons. The van der Waals surface area contributed by atoms with Crippen molar-refractivity contribution in [2.75, 3.05) is 5.32 Å². The van der Waals surface area contributed by atoms with Gasteiger partial charge in [-0.15, -0.1) is 0 Å². The molecule has 0 bridgehead atoms. The highest BCUT2D eigenvalue weighted by Gasteiger charge is 2.34. The highest BCUT2D eigenvalue weighted by molar-refractivity contribution is 6.32. The number of hydrogen-bond acceptors (Lipinski definition) is 2. The number of nitrogens with zero attached hydrogens (tertiary/aromatic N) is 1. The van der Waals surface area contributed by atoms with Crippen molar-refractivity contribution in [2.45, 2.75) is 12.7 Å². The van der Waals surface area contributed by atoms with Crippen molar-refractivity contribution in [3.05, 3.63) is 69.6 Å². The van der Waals surface area contributed by atoms with Crippen LogP contribution in [0.3, 0.4) is 0 Å². The summed E-state index contributed by atoms with van der Waals surface area (Å²) in [7, 11) is 0. The van der Waals surface area contributed by atoms with Crippen LogP contribution in [0.15, 0.2) is 42.5 Å². The summed E-state index contributed by atoms with van der Waals surface area (Å²) in [6.07, 6.45) is -4.76. The van der Waals surface area contributed by atoms with Gasteiger partial charge in [0.15, 0.2) is 0 Å². The Hall–Kier alpha value is -2.05. The van der Waals surface area contributed by atoms with Crippen LogP contribution < -0.4 is 5.32 Å². The highest BCUT2D eigenvalue weighted by Crippen LogP contribution is 2.33. The summed E-state index contributed by atoms with van der Waals surface area (Å²) in [6.45, 7) is 0.122. The van der Waals surface area contributed by atoms with Gasteiger partial charge in [0.05, 0.1) is 11.1 Å². The van der Waals surface area contributed by atoms with Crippen LogP contribution in [0.1, 0.15) is 11.1 Å². The molecule has 0 amide bonds. The number of anilines is 1. The SMILES string of the molecule is Fc1ccc(NCc2cc3cc(Cl)ccc3nc2Cl)cc1C(F)(F)F. The first-order valence-corrected chi connectivity index (χ1v) is 7.85. The first kappa shape index (κ1) is 17.8. The maximum atomic E-state index is 13.3. The molecule has 0 saturated heterocycles. The maximum absolute atomic E-state index is 13.3. The van der Waals surface area contributed by atoms with Crippen LogP contribution in [0.2, 0.25) is 10.2 Å². The lowest BCUT2D eigenvalue weighted by Crippen LogP contribution is -2.09. The van der Waals surface area contributed by atoms with Crippen molar-refractivity contribution in [1.82, 2.24) is 4.98 Å². The van der Waals surface area contributed by atoms with E-state index in [1.807, 2.05) is 0 Å². The summed E-state index contributed by atoms with van der Waals surface area (Å²) in [5.74, 6) is -1.32. The second-order valence-electron chi connectivity index (χ2n) is 5.32. The molecule has 3 aromatic rings. The summed E-state index contributed by atoms with van der Waals surface area (Å²) < 4.78 is 51.6. The van der Waals surface area contributed by atoms with Gasteiger partial charge < -0.3 is 5.32 Å². The summed E-state index contributed by atoms with van der Waals surface area (Å²) in [5.41, 5.74) is 0.0246. The molecule has 2 aromatic carbocycles. The van der Waals surface area contributed by atoms with E-state index in [2.05, 4.69) is 10.3 Å². The van der Waals surface area contributed by atoms with Crippen LogP contribution in [0.4, 0.5) is 23.2 Å². The van der Waals surface area contributed by atoms with Gasteiger partial charge in [0.25, 0.3) is 0 Å². The normalized spacial score (nSPS) is 11.8. The summed E-state index contributed by atoms with van der Waals surface area (Å²) in [5, 5.41) is 4.30. The van der Waals surface area contributed by atoms with E-state index in [0.717, 1.165) is 11.5 Å². The molecule has 0 aliphatic heterocycles. The molecular formula is C17H10Cl2F4N2. The van der Waals surface area contributed by atoms with E-state index in [1.165, 1.54) is 6.07 Å². The van der Waals surface area contributed by atoms with Crippen LogP contribution in [-0.4, -0.2) is 4.98 Å². The fourth-order valence-corrected chi connectivity index (χ4v) is 2.73. The number of alkyl halides is 3. The molecule has 2 nitrogen and oxygen atoms in total. The van der Waals surface area contributed by atoms with Crippen LogP contribution in [-0.2, 0) is 12.7 Å². The topological polar surface area (TPSA) is 24.9 Å². The molecule has 25 heavy (non-hydrogen) atoms. The van der Waals surface area contributed by atoms with Crippen molar-refractivity contribution >= 4 is 39.8 Å². The van der Waals surface area contributed by atoms with Gasteiger partial charge in [0.2, 0.25) is 0 Å². The molecule has 0 atom stereocenters. The number of fused-ring (bicyclic) bond motifs is 1. The van der Waals surface area contributed by atoms with Crippen molar-refractivity contribution < 1.29 is 17.6 Å². The maximum Gasteiger partial charge on any atom is 0.419 e. The van der Waals surface area contributed by atoms with Crippen molar-refractivity contribution in [2.24, 2.45) is 0 Å². The number of halogens is 6. The molecule has 8 heteroatoms. The second kappa shape index (κ2) is 6.69. The van der Waals surface area contributed by atoms with Crippen LogP contribution in [0.5, 0.6) is 0 Å². The Bertz CT molecular complexity index is 942. The summed E-state index contributed by atoms with van der Waals surface area (Å²) in [4.78, 5) is 4.23. The number of nitrogens with one attached hydrogen (secondary N) is 1. The number of hydrogen-bond donors (Lipinski definition) is 1. The van der Waals surface area contributed by atoms with E-state index >= 15 is 0 Å². The van der Waals surface area contributed by atoms with Crippen LogP contribution in [0, 0.1) is 5.82 Å². The molecule has 130 valence electrons. The van der Waals surface area contributed by atoms with E-state index < -0.39 is 17.6 Å². The minimum Gasteiger partial charge on any atom is -0.381 e. The Balaban J connectivity index is 1.86. The number of benzene rings is 2. The van der Waals surface area contributed by atoms with Gasteiger partial charge in [0.1, 0.15) is 11.0 Å². The Morgan fingerprint density at radius 3 is 2.48 bits per heavy atom. The van der Waals surface area contributed by atoms with Gasteiger partial charge in [-0.25, -0.2) is 9.37 Å². The molecule has 0 aliphatic carbocycles. The monoisotopic (exact) mass is 388 g/mol. The van der Waals surface area contributed by atoms with E-state index in [4.69, 9.17) is 23.2 Å². The molecule has 0 unspecified atom stereocenters. The minimum absolute atomic E-state index is 0.121. The average molecular weight is 389 g/mol. The third-order valence-electron chi connectivity index (χ3n) is 3.56. The zero-order chi connectivity index (χ0) is 18.2. The van der Waals surface area contributed by atoms with E-state index in [9.17, 15) is 17.6 Å². The zero-order valence-corrected chi connectivity index (χ0v) is 14.0. The lowest BCUT2D eigenvalue weighted by molar-refractivity contribution is -0.139. The smallest absolute Gasteiger partial charge is 0.381 e. The standard InChI is InChI=1S/C17H10Cl2F4N2/c18-11-1-4-15-9(6-11)5-10(16(19)25-15)8-24-12-2-3-14(20)13(7-12)17(21,22)23/h1-7,24H,8H2. The third-order valence-corrected chi connectivity index (χ3v) is 4.12. The molecule has 0 spiro atoms. The van der Waals surface area contributed by atoms with Gasteiger partial charge in [-0.2, -0.15) is 13.2 Å². The number of pyridine rings is 1. The molecule has 1 N–H and O–H groups in total. The molecule has 0 aliphatic rings. The number of aromatic nitrogens is 1. The molecule has 0 saturated carbocycles. The Morgan fingerprint density at radius 2 is 1.76 bits per heavy atom. The molecule has 3 rings (SSSR count). The number of rotatable bonds is 3. The molecular weight excluding hydrogens is 379 g/mol. The van der Waals surface area contributed by atoms with E-state index in [-0.39, 0.29) is 17.4 Å². The predicted molar refractivity (Wildman–Crippen MR) is 90.5 cm³/mol. The van der Waals surface area contributed by atoms with Gasteiger partial charge in [-0.3, -0.25) is 0 Å². The summed E-state index contributed by atoms with van der Waals surface area (Å²) in [6, 6.07) is 9.57. The van der Waals surface area contributed by atoms with Gasteiger partial charge in [-0.1, -0.05) is 23.2 Å². The van der Waals surface area contributed by atoms with Gasteiger partial charge >= 0.3 is 6.18 Å².